The van der Waals surface area contributed by atoms with Crippen molar-refractivity contribution in [2.45, 2.75) is 18.8 Å². The van der Waals surface area contributed by atoms with Crippen molar-refractivity contribution in [2.75, 3.05) is 5.73 Å². The monoisotopic (exact) mass is 321 g/mol. The average Bonchev–Trinajstić information content (AvgIpc) is 3.40. The Labute approximate surface area is 140 Å². The van der Waals surface area contributed by atoms with E-state index in [4.69, 9.17) is 17.3 Å². The molecule has 2 heterocycles. The molecule has 4 heteroatoms. The summed E-state index contributed by atoms with van der Waals surface area (Å²) >= 11 is 6.32. The summed E-state index contributed by atoms with van der Waals surface area (Å²) in [5.74, 6) is 0.637. The van der Waals surface area contributed by atoms with Gasteiger partial charge in [0.1, 0.15) is 0 Å². The molecule has 1 aromatic carbocycles. The van der Waals surface area contributed by atoms with Gasteiger partial charge in [-0.05, 0) is 48.7 Å². The van der Waals surface area contributed by atoms with Gasteiger partial charge >= 0.3 is 0 Å². The minimum absolute atomic E-state index is 0.636. The van der Waals surface area contributed by atoms with Gasteiger partial charge in [-0.3, -0.25) is 9.97 Å². The molecule has 114 valence electrons. The molecule has 3 nitrogen and oxygen atoms in total. The highest BCUT2D eigenvalue weighted by molar-refractivity contribution is 6.33. The minimum atomic E-state index is 0.636. The molecule has 1 aliphatic rings. The molecule has 2 N–H and O–H groups in total. The number of aromatic nitrogens is 2. The summed E-state index contributed by atoms with van der Waals surface area (Å²) < 4.78 is 0. The highest BCUT2D eigenvalue weighted by atomic mass is 35.5. The highest BCUT2D eigenvalue weighted by Gasteiger charge is 2.25. The molecular formula is C19H16ClN3. The van der Waals surface area contributed by atoms with Crippen LogP contribution in [-0.4, -0.2) is 9.97 Å². The largest absolute Gasteiger partial charge is 0.399 e. The molecule has 0 saturated heterocycles. The maximum Gasteiger partial charge on any atom is 0.0505 e. The van der Waals surface area contributed by atoms with Crippen molar-refractivity contribution >= 4 is 17.3 Å². The van der Waals surface area contributed by atoms with Crippen LogP contribution in [0.1, 0.15) is 24.5 Å². The van der Waals surface area contributed by atoms with Gasteiger partial charge in [-0.2, -0.15) is 0 Å². The summed E-state index contributed by atoms with van der Waals surface area (Å²) in [7, 11) is 0. The lowest BCUT2D eigenvalue weighted by Gasteiger charge is -2.08. The van der Waals surface area contributed by atoms with Crippen molar-refractivity contribution in [1.29, 1.82) is 0 Å². The summed E-state index contributed by atoms with van der Waals surface area (Å²) in [6.45, 7) is 0. The first kappa shape index (κ1) is 14.2. The Hall–Kier alpha value is -2.39. The van der Waals surface area contributed by atoms with E-state index in [1.807, 2.05) is 36.8 Å². The molecule has 2 aromatic heterocycles. The molecule has 23 heavy (non-hydrogen) atoms. The van der Waals surface area contributed by atoms with E-state index in [1.54, 1.807) is 6.07 Å². The Kier molecular flexibility index (Phi) is 3.50. The SMILES string of the molecule is Nc1ccc(-c2cncc(-c3ccnc(C4CC4)c3)c2)c(Cl)c1. The van der Waals surface area contributed by atoms with E-state index in [0.717, 1.165) is 22.3 Å². The van der Waals surface area contributed by atoms with Crippen molar-refractivity contribution in [2.24, 2.45) is 0 Å². The maximum atomic E-state index is 6.32. The molecule has 1 aliphatic carbocycles. The first-order chi connectivity index (χ1) is 11.2. The van der Waals surface area contributed by atoms with E-state index in [9.17, 15) is 0 Å². The van der Waals surface area contributed by atoms with E-state index in [1.165, 1.54) is 18.5 Å². The molecular weight excluding hydrogens is 306 g/mol. The number of pyridine rings is 2. The lowest BCUT2D eigenvalue weighted by atomic mass is 10.0. The third kappa shape index (κ3) is 2.92. The summed E-state index contributed by atoms with van der Waals surface area (Å²) in [5.41, 5.74) is 11.7. The van der Waals surface area contributed by atoms with Crippen molar-refractivity contribution in [3.05, 3.63) is 65.7 Å². The second kappa shape index (κ2) is 5.67. The molecule has 1 fully saturated rings. The number of anilines is 1. The van der Waals surface area contributed by atoms with Crippen molar-refractivity contribution in [3.63, 3.8) is 0 Å². The maximum absolute atomic E-state index is 6.32. The topological polar surface area (TPSA) is 51.8 Å². The summed E-state index contributed by atoms with van der Waals surface area (Å²) in [6.07, 6.45) is 8.07. The lowest BCUT2D eigenvalue weighted by Crippen LogP contribution is -1.90. The number of hydrogen-bond donors (Lipinski definition) is 1. The van der Waals surface area contributed by atoms with Gasteiger partial charge in [0.25, 0.3) is 0 Å². The first-order valence-electron chi connectivity index (χ1n) is 7.67. The van der Waals surface area contributed by atoms with Crippen LogP contribution in [0.25, 0.3) is 22.3 Å². The normalized spacial score (nSPS) is 14.0. The van der Waals surface area contributed by atoms with Crippen LogP contribution in [0.5, 0.6) is 0 Å². The third-order valence-electron chi connectivity index (χ3n) is 4.15. The quantitative estimate of drug-likeness (QED) is 0.696. The number of nitrogen functional groups attached to an aromatic ring is 1. The Bertz CT molecular complexity index is 872. The third-order valence-corrected chi connectivity index (χ3v) is 4.47. The van der Waals surface area contributed by atoms with E-state index in [2.05, 4.69) is 22.1 Å². The van der Waals surface area contributed by atoms with Crippen LogP contribution in [0, 0.1) is 0 Å². The first-order valence-corrected chi connectivity index (χ1v) is 8.05. The van der Waals surface area contributed by atoms with Crippen LogP contribution in [-0.2, 0) is 0 Å². The molecule has 0 atom stereocenters. The van der Waals surface area contributed by atoms with Crippen LogP contribution < -0.4 is 5.73 Å². The zero-order chi connectivity index (χ0) is 15.8. The molecule has 3 aromatic rings. The van der Waals surface area contributed by atoms with Gasteiger partial charge in [-0.15, -0.1) is 0 Å². The lowest BCUT2D eigenvalue weighted by molar-refractivity contribution is 1.02. The fraction of sp³-hybridized carbons (Fsp3) is 0.158. The zero-order valence-electron chi connectivity index (χ0n) is 12.5. The number of halogens is 1. The van der Waals surface area contributed by atoms with Gasteiger partial charge in [0.15, 0.2) is 0 Å². The van der Waals surface area contributed by atoms with Crippen molar-refractivity contribution in [1.82, 2.24) is 9.97 Å². The molecule has 4 rings (SSSR count). The molecule has 0 spiro atoms. The van der Waals surface area contributed by atoms with Crippen LogP contribution in [0.3, 0.4) is 0 Å². The molecule has 0 aliphatic heterocycles. The zero-order valence-corrected chi connectivity index (χ0v) is 13.3. The number of benzene rings is 1. The van der Waals surface area contributed by atoms with E-state index in [-0.39, 0.29) is 0 Å². The molecule has 0 radical (unpaired) electrons. The van der Waals surface area contributed by atoms with Gasteiger partial charge in [-0.1, -0.05) is 17.7 Å². The second-order valence-electron chi connectivity index (χ2n) is 5.95. The fourth-order valence-corrected chi connectivity index (χ4v) is 3.04. The predicted octanol–water partition coefficient (Wildman–Crippen LogP) is 4.92. The summed E-state index contributed by atoms with van der Waals surface area (Å²) in [6, 6.07) is 11.9. The number of nitrogens with zero attached hydrogens (tertiary/aromatic N) is 2. The number of rotatable bonds is 3. The Morgan fingerprint density at radius 1 is 0.957 bits per heavy atom. The fourth-order valence-electron chi connectivity index (χ4n) is 2.74. The minimum Gasteiger partial charge on any atom is -0.399 e. The molecule has 0 amide bonds. The second-order valence-corrected chi connectivity index (χ2v) is 6.35. The summed E-state index contributed by atoms with van der Waals surface area (Å²) in [5, 5.41) is 0.636. The van der Waals surface area contributed by atoms with Crippen LogP contribution in [0.4, 0.5) is 5.69 Å². The van der Waals surface area contributed by atoms with Gasteiger partial charge in [-0.25, -0.2) is 0 Å². The standard InChI is InChI=1S/C19H16ClN3/c20-18-9-16(21)3-4-17(18)15-7-14(10-22-11-15)13-5-6-23-19(8-13)12-1-2-12/h3-12H,1-2,21H2. The van der Waals surface area contributed by atoms with Crippen molar-refractivity contribution in [3.8, 4) is 22.3 Å². The van der Waals surface area contributed by atoms with Gasteiger partial charge < -0.3 is 5.73 Å². The predicted molar refractivity (Wildman–Crippen MR) is 94.3 cm³/mol. The smallest absolute Gasteiger partial charge is 0.0505 e. The Balaban J connectivity index is 1.75. The van der Waals surface area contributed by atoms with Crippen LogP contribution >= 0.6 is 11.6 Å². The van der Waals surface area contributed by atoms with Gasteiger partial charge in [0, 0.05) is 52.6 Å². The van der Waals surface area contributed by atoms with Crippen molar-refractivity contribution < 1.29 is 0 Å². The molecule has 0 bridgehead atoms. The molecule has 1 saturated carbocycles. The van der Waals surface area contributed by atoms with Crippen LogP contribution in [0.2, 0.25) is 5.02 Å². The van der Waals surface area contributed by atoms with E-state index in [0.29, 0.717) is 16.6 Å². The van der Waals surface area contributed by atoms with E-state index >= 15 is 0 Å². The Morgan fingerprint density at radius 3 is 2.57 bits per heavy atom. The van der Waals surface area contributed by atoms with Gasteiger partial charge in [0.05, 0.1) is 5.02 Å². The Morgan fingerprint density at radius 2 is 1.78 bits per heavy atom. The highest BCUT2D eigenvalue weighted by Crippen LogP contribution is 2.40. The van der Waals surface area contributed by atoms with E-state index < -0.39 is 0 Å². The van der Waals surface area contributed by atoms with Crippen LogP contribution in [0.15, 0.2) is 55.0 Å². The number of hydrogen-bond acceptors (Lipinski definition) is 3. The summed E-state index contributed by atoms with van der Waals surface area (Å²) in [4.78, 5) is 8.86. The molecule has 0 unspecified atom stereocenters. The van der Waals surface area contributed by atoms with Gasteiger partial charge in [0.2, 0.25) is 0 Å². The average molecular weight is 322 g/mol. The number of nitrogens with two attached hydrogens (primary N) is 1.